The fourth-order valence-corrected chi connectivity index (χ4v) is 6.24. The minimum absolute atomic E-state index is 0.0535. The quantitative estimate of drug-likeness (QED) is 0.306. The molecule has 1 saturated heterocycles. The van der Waals surface area contributed by atoms with Crippen molar-refractivity contribution in [2.45, 2.75) is 82.6 Å². The Hall–Kier alpha value is -3.90. The van der Waals surface area contributed by atoms with Gasteiger partial charge in [0.25, 0.3) is 0 Å². The lowest BCUT2D eigenvalue weighted by Gasteiger charge is -2.37. The first-order chi connectivity index (χ1) is 19.7. The zero-order valence-corrected chi connectivity index (χ0v) is 22.7. The van der Waals surface area contributed by atoms with Gasteiger partial charge in [-0.05, 0) is 75.5 Å². The van der Waals surface area contributed by atoms with Crippen LogP contribution in [0.4, 0.5) is 24.9 Å². The number of alkyl halides is 3. The van der Waals surface area contributed by atoms with E-state index in [1.54, 1.807) is 0 Å². The number of fused-ring (bicyclic) bond motifs is 1. The number of piperidine rings is 1. The van der Waals surface area contributed by atoms with Gasteiger partial charge in [0.2, 0.25) is 17.6 Å². The van der Waals surface area contributed by atoms with Crippen LogP contribution in [0.25, 0.3) is 22.8 Å². The number of imidazole rings is 1. The van der Waals surface area contributed by atoms with Crippen LogP contribution in [-0.4, -0.2) is 47.8 Å². The van der Waals surface area contributed by atoms with E-state index in [4.69, 9.17) is 14.5 Å². The summed E-state index contributed by atoms with van der Waals surface area (Å²) in [7, 11) is 0. The van der Waals surface area contributed by atoms with E-state index in [0.717, 1.165) is 69.6 Å². The number of halogens is 3. The third-order valence-corrected chi connectivity index (χ3v) is 8.99. The van der Waals surface area contributed by atoms with Crippen molar-refractivity contribution >= 4 is 22.9 Å². The zero-order chi connectivity index (χ0) is 28.4. The van der Waals surface area contributed by atoms with Crippen molar-refractivity contribution < 1.29 is 17.7 Å². The molecule has 1 aromatic carbocycles. The normalized spacial score (nSPS) is 19.5. The molecular formula is C28H31F3N8O2. The first kappa shape index (κ1) is 26.0. The number of aromatic nitrogens is 6. The van der Waals surface area contributed by atoms with Crippen LogP contribution in [0.3, 0.4) is 0 Å². The van der Waals surface area contributed by atoms with Crippen LogP contribution in [0.2, 0.25) is 0 Å². The van der Waals surface area contributed by atoms with Crippen LogP contribution < -0.4 is 16.0 Å². The molecule has 4 heterocycles. The number of hydrogen-bond acceptors (Lipinski definition) is 8. The molecule has 1 aliphatic heterocycles. The minimum atomic E-state index is -4.40. The SMILES string of the molecule is CC(Nc1nc(-c2noc(=O)[nH]2)nc2nc(N3CCCCC34CC4)n(Cc3ccc(C(F)(F)F)cc3)c12)C1CCC1. The van der Waals surface area contributed by atoms with Crippen molar-refractivity contribution in [3.05, 3.63) is 45.9 Å². The summed E-state index contributed by atoms with van der Waals surface area (Å²) >= 11 is 0. The molecule has 41 heavy (non-hydrogen) atoms. The van der Waals surface area contributed by atoms with Gasteiger partial charge in [0.1, 0.15) is 5.52 Å². The predicted octanol–water partition coefficient (Wildman–Crippen LogP) is 5.36. The summed E-state index contributed by atoms with van der Waals surface area (Å²) in [5.74, 6) is 1.35. The maximum absolute atomic E-state index is 13.3. The van der Waals surface area contributed by atoms with E-state index in [1.807, 2.05) is 4.57 Å². The molecule has 0 radical (unpaired) electrons. The Morgan fingerprint density at radius 1 is 1.10 bits per heavy atom. The molecule has 1 unspecified atom stereocenters. The maximum atomic E-state index is 13.3. The van der Waals surface area contributed by atoms with E-state index >= 15 is 0 Å². The first-order valence-corrected chi connectivity index (χ1v) is 14.3. The summed E-state index contributed by atoms with van der Waals surface area (Å²) in [6, 6.07) is 5.38. The Bertz CT molecular complexity index is 1630. The number of hydrogen-bond donors (Lipinski definition) is 2. The molecule has 3 aliphatic rings. The zero-order valence-electron chi connectivity index (χ0n) is 22.7. The molecule has 0 amide bonds. The van der Waals surface area contributed by atoms with Gasteiger partial charge in [-0.2, -0.15) is 18.2 Å². The average Bonchev–Trinajstić information content (AvgIpc) is 3.36. The molecule has 216 valence electrons. The predicted molar refractivity (Wildman–Crippen MR) is 146 cm³/mol. The lowest BCUT2D eigenvalue weighted by molar-refractivity contribution is -0.137. The summed E-state index contributed by atoms with van der Waals surface area (Å²) < 4.78 is 46.6. The van der Waals surface area contributed by atoms with E-state index in [2.05, 4.69) is 32.3 Å². The van der Waals surface area contributed by atoms with Crippen LogP contribution in [-0.2, 0) is 12.7 Å². The van der Waals surface area contributed by atoms with Crippen LogP contribution in [0.5, 0.6) is 0 Å². The lowest BCUT2D eigenvalue weighted by atomic mass is 9.80. The fourth-order valence-electron chi connectivity index (χ4n) is 6.24. The summed E-state index contributed by atoms with van der Waals surface area (Å²) in [6.45, 7) is 3.26. The van der Waals surface area contributed by atoms with Gasteiger partial charge in [-0.1, -0.05) is 23.7 Å². The number of nitrogens with zero attached hydrogens (tertiary/aromatic N) is 6. The van der Waals surface area contributed by atoms with Crippen molar-refractivity contribution in [3.63, 3.8) is 0 Å². The minimum Gasteiger partial charge on any atom is -0.365 e. The van der Waals surface area contributed by atoms with E-state index < -0.39 is 17.5 Å². The van der Waals surface area contributed by atoms with Crippen LogP contribution in [0.1, 0.15) is 69.4 Å². The second-order valence-electron chi connectivity index (χ2n) is 11.7. The van der Waals surface area contributed by atoms with E-state index in [1.165, 1.54) is 18.6 Å². The monoisotopic (exact) mass is 568 g/mol. The van der Waals surface area contributed by atoms with E-state index in [9.17, 15) is 18.0 Å². The van der Waals surface area contributed by atoms with Crippen molar-refractivity contribution in [2.75, 3.05) is 16.8 Å². The number of rotatable bonds is 7. The number of H-pyrrole nitrogens is 1. The van der Waals surface area contributed by atoms with Crippen LogP contribution >= 0.6 is 0 Å². The molecule has 2 N–H and O–H groups in total. The second kappa shape index (κ2) is 9.59. The van der Waals surface area contributed by atoms with Gasteiger partial charge in [0.05, 0.1) is 12.1 Å². The number of aromatic amines is 1. The fraction of sp³-hybridized carbons (Fsp3) is 0.536. The molecule has 2 saturated carbocycles. The molecule has 7 rings (SSSR count). The molecule has 3 fully saturated rings. The first-order valence-electron chi connectivity index (χ1n) is 14.3. The van der Waals surface area contributed by atoms with Gasteiger partial charge in [-0.15, -0.1) is 0 Å². The summed E-state index contributed by atoms with van der Waals surface area (Å²) in [5.41, 5.74) is 1.17. The number of anilines is 2. The standard InChI is InChI=1S/C28H31F3N8O2/c1-16(18-5-4-6-18)32-21-20-22(34-23(33-21)24-36-26(40)41-37-24)35-25(39-14-3-2-11-27(39)12-13-27)38(20)15-17-7-9-19(10-8-17)28(29,30)31/h7-10,16,18H,2-6,11-15H2,1H3,(H,32,33,34)(H,36,37,40). The highest BCUT2D eigenvalue weighted by Crippen LogP contribution is 2.50. The highest BCUT2D eigenvalue weighted by molar-refractivity contribution is 5.88. The van der Waals surface area contributed by atoms with Crippen molar-refractivity contribution in [1.29, 1.82) is 0 Å². The van der Waals surface area contributed by atoms with Gasteiger partial charge in [-0.25, -0.2) is 14.8 Å². The van der Waals surface area contributed by atoms with Gasteiger partial charge >= 0.3 is 11.9 Å². The highest BCUT2D eigenvalue weighted by atomic mass is 19.4. The summed E-state index contributed by atoms with van der Waals surface area (Å²) in [5, 5.41) is 7.37. The van der Waals surface area contributed by atoms with Crippen molar-refractivity contribution in [1.82, 2.24) is 29.7 Å². The van der Waals surface area contributed by atoms with Gasteiger partial charge in [0, 0.05) is 18.1 Å². The topological polar surface area (TPSA) is 118 Å². The average molecular weight is 569 g/mol. The third kappa shape index (κ3) is 4.74. The largest absolute Gasteiger partial charge is 0.439 e. The van der Waals surface area contributed by atoms with Gasteiger partial charge in [0.15, 0.2) is 11.5 Å². The molecule has 13 heteroatoms. The Morgan fingerprint density at radius 2 is 1.88 bits per heavy atom. The smallest absolute Gasteiger partial charge is 0.365 e. The molecule has 0 bridgehead atoms. The molecule has 2 aliphatic carbocycles. The molecule has 10 nitrogen and oxygen atoms in total. The Balaban J connectivity index is 1.39. The van der Waals surface area contributed by atoms with Crippen molar-refractivity contribution in [2.24, 2.45) is 5.92 Å². The number of benzene rings is 1. The van der Waals surface area contributed by atoms with Crippen LogP contribution in [0.15, 0.2) is 33.6 Å². The third-order valence-electron chi connectivity index (χ3n) is 8.99. The highest BCUT2D eigenvalue weighted by Gasteiger charge is 2.50. The molecular weight excluding hydrogens is 537 g/mol. The Morgan fingerprint density at radius 3 is 2.51 bits per heavy atom. The number of nitrogens with one attached hydrogen (secondary N) is 2. The Kier molecular flexibility index (Phi) is 6.09. The molecule has 4 aromatic rings. The molecule has 1 spiro atoms. The lowest BCUT2D eigenvalue weighted by Crippen LogP contribution is -2.43. The van der Waals surface area contributed by atoms with Crippen LogP contribution in [0, 0.1) is 5.92 Å². The van der Waals surface area contributed by atoms with E-state index in [0.29, 0.717) is 35.0 Å². The molecule has 1 atom stereocenters. The second-order valence-corrected chi connectivity index (χ2v) is 11.7. The summed E-state index contributed by atoms with van der Waals surface area (Å²) in [6.07, 6.45) is 4.46. The van der Waals surface area contributed by atoms with Gasteiger partial charge < -0.3 is 14.8 Å². The maximum Gasteiger partial charge on any atom is 0.439 e. The van der Waals surface area contributed by atoms with E-state index in [-0.39, 0.29) is 23.2 Å². The molecule has 3 aromatic heterocycles. The summed E-state index contributed by atoms with van der Waals surface area (Å²) in [4.78, 5) is 31.1. The Labute approximate surface area is 233 Å². The van der Waals surface area contributed by atoms with Gasteiger partial charge in [-0.3, -0.25) is 9.51 Å². The van der Waals surface area contributed by atoms with Crippen molar-refractivity contribution in [3.8, 4) is 11.6 Å².